The maximum absolute atomic E-state index is 14.6. The average Bonchev–Trinajstić information content (AvgIpc) is 2.21. The van der Waals surface area contributed by atoms with Crippen LogP contribution in [0, 0.1) is 0 Å². The van der Waals surface area contributed by atoms with Gasteiger partial charge in [-0.25, -0.2) is 4.39 Å². The van der Waals surface area contributed by atoms with Crippen molar-refractivity contribution in [2.24, 2.45) is 0 Å². The molecule has 2 nitrogen and oxygen atoms in total. The van der Waals surface area contributed by atoms with Crippen LogP contribution < -0.4 is 0 Å². The highest BCUT2D eigenvalue weighted by atomic mass is 127. The molecule has 1 aliphatic heterocycles. The maximum Gasteiger partial charge on any atom is 0.185 e. The number of hydrogen-bond donors (Lipinski definition) is 0. The van der Waals surface area contributed by atoms with E-state index in [2.05, 4.69) is 48.3 Å². The molecule has 0 aromatic rings. The zero-order valence-corrected chi connectivity index (χ0v) is 12.1. The molecule has 1 heterocycles. The van der Waals surface area contributed by atoms with Crippen molar-refractivity contribution in [3.05, 3.63) is 0 Å². The van der Waals surface area contributed by atoms with Crippen LogP contribution in [0.1, 0.15) is 27.2 Å². The third-order valence-electron chi connectivity index (χ3n) is 3.10. The van der Waals surface area contributed by atoms with Gasteiger partial charge in [0, 0.05) is 36.6 Å². The van der Waals surface area contributed by atoms with E-state index in [-0.39, 0.29) is 0 Å². The lowest BCUT2D eigenvalue weighted by Crippen LogP contribution is -2.62. The third-order valence-corrected chi connectivity index (χ3v) is 4.27. The van der Waals surface area contributed by atoms with Crippen LogP contribution in [0.4, 0.5) is 4.39 Å². The molecule has 1 atom stereocenters. The Bertz CT molecular complexity index is 201. The van der Waals surface area contributed by atoms with Gasteiger partial charge in [0.1, 0.15) is 0 Å². The summed E-state index contributed by atoms with van der Waals surface area (Å²) in [5, 5.41) is 0. The Morgan fingerprint density at radius 1 is 1.40 bits per heavy atom. The van der Waals surface area contributed by atoms with Crippen LogP contribution in [-0.4, -0.2) is 52.2 Å². The highest BCUT2D eigenvalue weighted by Crippen LogP contribution is 2.27. The molecule has 1 aliphatic rings. The van der Waals surface area contributed by atoms with E-state index < -0.39 is 5.79 Å². The average molecular weight is 328 g/mol. The Morgan fingerprint density at radius 2 is 2.07 bits per heavy atom. The van der Waals surface area contributed by atoms with Crippen molar-refractivity contribution in [3.63, 3.8) is 0 Å². The third kappa shape index (κ3) is 3.27. The Hall–Kier alpha value is 0.580. The van der Waals surface area contributed by atoms with Gasteiger partial charge in [0.15, 0.2) is 5.79 Å². The molecule has 4 heteroatoms. The van der Waals surface area contributed by atoms with Crippen molar-refractivity contribution in [1.82, 2.24) is 9.80 Å². The number of piperazine rings is 1. The van der Waals surface area contributed by atoms with Gasteiger partial charge in [-0.1, -0.05) is 29.5 Å². The van der Waals surface area contributed by atoms with Crippen LogP contribution in [0.25, 0.3) is 0 Å². The molecule has 0 radical (unpaired) electrons. The highest BCUT2D eigenvalue weighted by Gasteiger charge is 2.41. The largest absolute Gasteiger partial charge is 0.295 e. The van der Waals surface area contributed by atoms with Crippen LogP contribution in [0.5, 0.6) is 0 Å². The quantitative estimate of drug-likeness (QED) is 0.445. The predicted octanol–water partition coefficient (Wildman–Crippen LogP) is 2.52. The molecule has 1 saturated heterocycles. The van der Waals surface area contributed by atoms with Crippen molar-refractivity contribution in [2.75, 3.05) is 30.6 Å². The van der Waals surface area contributed by atoms with Crippen molar-refractivity contribution in [1.29, 1.82) is 0 Å². The summed E-state index contributed by atoms with van der Waals surface area (Å²) >= 11 is 2.17. The zero-order valence-electron chi connectivity index (χ0n) is 9.97. The van der Waals surface area contributed by atoms with Crippen molar-refractivity contribution < 1.29 is 4.39 Å². The summed E-state index contributed by atoms with van der Waals surface area (Å²) in [4.78, 5) is 4.25. The van der Waals surface area contributed by atoms with Gasteiger partial charge in [0.05, 0.1) is 0 Å². The molecule has 90 valence electrons. The Labute approximate surface area is 106 Å². The number of halogens is 2. The molecule has 0 aromatic carbocycles. The minimum absolute atomic E-state index is 0.451. The first-order chi connectivity index (χ1) is 7.03. The second kappa shape index (κ2) is 5.77. The summed E-state index contributed by atoms with van der Waals surface area (Å²) in [7, 11) is 0. The van der Waals surface area contributed by atoms with Gasteiger partial charge < -0.3 is 0 Å². The molecule has 1 rings (SSSR count). The molecule has 0 N–H and O–H groups in total. The zero-order chi connectivity index (χ0) is 11.5. The first kappa shape index (κ1) is 13.6. The van der Waals surface area contributed by atoms with E-state index in [9.17, 15) is 4.39 Å². The predicted molar refractivity (Wildman–Crippen MR) is 71.3 cm³/mol. The van der Waals surface area contributed by atoms with Gasteiger partial charge in [-0.2, -0.15) is 0 Å². The van der Waals surface area contributed by atoms with Crippen LogP contribution in [0.3, 0.4) is 0 Å². The lowest BCUT2D eigenvalue weighted by atomic mass is 10.1. The van der Waals surface area contributed by atoms with Crippen LogP contribution in [-0.2, 0) is 0 Å². The standard InChI is InChI=1S/C11H22FIN2/c1-4-5-15-7-6-14(10(2)3)9-11(15,12)8-13/h10H,4-9H2,1-3H3. The van der Waals surface area contributed by atoms with E-state index in [0.717, 1.165) is 26.1 Å². The van der Waals surface area contributed by atoms with Gasteiger partial charge >= 0.3 is 0 Å². The van der Waals surface area contributed by atoms with Crippen LogP contribution in [0.2, 0.25) is 0 Å². The monoisotopic (exact) mass is 328 g/mol. The van der Waals surface area contributed by atoms with Gasteiger partial charge in [0.25, 0.3) is 0 Å². The summed E-state index contributed by atoms with van der Waals surface area (Å²) in [6.45, 7) is 9.71. The lowest BCUT2D eigenvalue weighted by molar-refractivity contribution is -0.0820. The van der Waals surface area contributed by atoms with E-state index in [0.29, 0.717) is 17.0 Å². The van der Waals surface area contributed by atoms with E-state index in [4.69, 9.17) is 0 Å². The summed E-state index contributed by atoms with van der Waals surface area (Å²) in [6.07, 6.45) is 1.03. The highest BCUT2D eigenvalue weighted by molar-refractivity contribution is 14.1. The summed E-state index contributed by atoms with van der Waals surface area (Å²) in [5.74, 6) is -1.11. The second-order valence-electron chi connectivity index (χ2n) is 4.60. The summed E-state index contributed by atoms with van der Waals surface area (Å²) in [6, 6.07) is 0.451. The minimum Gasteiger partial charge on any atom is -0.295 e. The second-order valence-corrected chi connectivity index (χ2v) is 5.37. The molecular formula is C11H22FIN2. The molecule has 0 aliphatic carbocycles. The van der Waals surface area contributed by atoms with E-state index >= 15 is 0 Å². The first-order valence-corrected chi connectivity index (χ1v) is 7.30. The molecule has 15 heavy (non-hydrogen) atoms. The van der Waals surface area contributed by atoms with Crippen molar-refractivity contribution in [2.45, 2.75) is 39.0 Å². The number of alkyl halides is 2. The van der Waals surface area contributed by atoms with E-state index in [1.807, 2.05) is 4.90 Å². The SMILES string of the molecule is CCCN1CCN(C(C)C)CC1(F)CI. The normalized spacial score (nSPS) is 30.0. The van der Waals surface area contributed by atoms with Gasteiger partial charge in [-0.05, 0) is 20.3 Å². The van der Waals surface area contributed by atoms with E-state index in [1.54, 1.807) is 0 Å². The molecular weight excluding hydrogens is 306 g/mol. The molecule has 1 unspecified atom stereocenters. The lowest BCUT2D eigenvalue weighted by Gasteiger charge is -2.46. The van der Waals surface area contributed by atoms with Crippen molar-refractivity contribution >= 4 is 22.6 Å². The Kier molecular flexibility index (Phi) is 5.25. The van der Waals surface area contributed by atoms with Crippen LogP contribution >= 0.6 is 22.6 Å². The van der Waals surface area contributed by atoms with Gasteiger partial charge in [-0.15, -0.1) is 0 Å². The number of rotatable bonds is 4. The fourth-order valence-electron chi connectivity index (χ4n) is 2.09. The molecule has 0 amide bonds. The molecule has 1 fully saturated rings. The van der Waals surface area contributed by atoms with E-state index in [1.165, 1.54) is 0 Å². The fraction of sp³-hybridized carbons (Fsp3) is 1.00. The summed E-state index contributed by atoms with van der Waals surface area (Å²) < 4.78 is 15.2. The molecule has 0 spiro atoms. The topological polar surface area (TPSA) is 6.48 Å². The Balaban J connectivity index is 2.65. The Morgan fingerprint density at radius 3 is 2.53 bits per heavy atom. The number of hydrogen-bond acceptors (Lipinski definition) is 2. The first-order valence-electron chi connectivity index (χ1n) is 5.77. The smallest absolute Gasteiger partial charge is 0.185 e. The molecule has 0 aromatic heterocycles. The fourth-order valence-corrected chi connectivity index (χ4v) is 2.81. The molecule has 0 saturated carbocycles. The van der Waals surface area contributed by atoms with Gasteiger partial charge in [-0.3, -0.25) is 9.80 Å². The van der Waals surface area contributed by atoms with Crippen molar-refractivity contribution in [3.8, 4) is 0 Å². The van der Waals surface area contributed by atoms with Crippen LogP contribution in [0.15, 0.2) is 0 Å². The molecule has 0 bridgehead atoms. The maximum atomic E-state index is 14.6. The number of nitrogens with zero attached hydrogens (tertiary/aromatic N) is 2. The minimum atomic E-state index is -1.11. The van der Waals surface area contributed by atoms with Gasteiger partial charge in [0.2, 0.25) is 0 Å². The summed E-state index contributed by atoms with van der Waals surface area (Å²) in [5.41, 5.74) is 0.